The molecular formula is C26H39ClN2O3. The molecule has 1 aromatic rings. The minimum atomic E-state index is -1.05. The first-order valence-electron chi connectivity index (χ1n) is 12.1. The van der Waals surface area contributed by atoms with Crippen molar-refractivity contribution in [3.05, 3.63) is 34.9 Å². The predicted molar refractivity (Wildman–Crippen MR) is 128 cm³/mol. The first-order chi connectivity index (χ1) is 15.0. The first kappa shape index (κ1) is 25.0. The smallest absolute Gasteiger partial charge is 0.245 e. The summed E-state index contributed by atoms with van der Waals surface area (Å²) in [6.45, 7) is 8.81. The Morgan fingerprint density at radius 2 is 1.78 bits per heavy atom. The van der Waals surface area contributed by atoms with Gasteiger partial charge >= 0.3 is 0 Å². The number of likely N-dealkylation sites (tertiary alicyclic amines) is 1. The second kappa shape index (κ2) is 10.1. The van der Waals surface area contributed by atoms with Gasteiger partial charge in [0.2, 0.25) is 11.8 Å². The number of aliphatic hydroxyl groups is 1. The van der Waals surface area contributed by atoms with Gasteiger partial charge in [0.25, 0.3) is 0 Å². The molecule has 2 N–H and O–H groups in total. The highest BCUT2D eigenvalue weighted by Gasteiger charge is 2.50. The Balaban J connectivity index is 1.67. The van der Waals surface area contributed by atoms with Crippen LogP contribution in [0.1, 0.15) is 78.2 Å². The summed E-state index contributed by atoms with van der Waals surface area (Å²) in [7, 11) is 0. The van der Waals surface area contributed by atoms with Crippen molar-refractivity contribution in [2.45, 2.75) is 84.3 Å². The predicted octanol–water partition coefficient (Wildman–Crippen LogP) is 4.90. The molecule has 2 amide bonds. The number of hydrogen-bond donors (Lipinski definition) is 2. The average molecular weight is 463 g/mol. The molecule has 1 saturated carbocycles. The van der Waals surface area contributed by atoms with Gasteiger partial charge in [-0.1, -0.05) is 70.7 Å². The van der Waals surface area contributed by atoms with Crippen LogP contribution in [0.15, 0.2) is 24.3 Å². The molecule has 2 fully saturated rings. The molecule has 0 radical (unpaired) electrons. The Morgan fingerprint density at radius 1 is 1.16 bits per heavy atom. The van der Waals surface area contributed by atoms with Crippen LogP contribution in [0.2, 0.25) is 5.02 Å². The van der Waals surface area contributed by atoms with E-state index in [9.17, 15) is 14.7 Å². The lowest BCUT2D eigenvalue weighted by Gasteiger charge is -2.51. The zero-order valence-electron chi connectivity index (χ0n) is 20.0. The minimum Gasteiger partial charge on any atom is -0.384 e. The molecule has 1 aliphatic heterocycles. The van der Waals surface area contributed by atoms with Crippen LogP contribution in [-0.2, 0) is 15.2 Å². The van der Waals surface area contributed by atoms with Crippen molar-refractivity contribution in [1.29, 1.82) is 0 Å². The van der Waals surface area contributed by atoms with Gasteiger partial charge in [-0.2, -0.15) is 0 Å². The second-order valence-electron chi connectivity index (χ2n) is 10.8. The van der Waals surface area contributed by atoms with E-state index < -0.39 is 17.1 Å². The van der Waals surface area contributed by atoms with E-state index in [2.05, 4.69) is 5.32 Å². The maximum Gasteiger partial charge on any atom is 0.245 e. The summed E-state index contributed by atoms with van der Waals surface area (Å²) in [6, 6.07) is 6.77. The minimum absolute atomic E-state index is 0.00186. The third-order valence-corrected chi connectivity index (χ3v) is 7.78. The number of carbonyl (C=O) groups excluding carboxylic acids is 2. The Hall–Kier alpha value is -1.59. The van der Waals surface area contributed by atoms with E-state index in [1.807, 2.05) is 44.7 Å². The molecule has 32 heavy (non-hydrogen) atoms. The molecule has 3 rings (SSSR count). The highest BCUT2D eigenvalue weighted by Crippen LogP contribution is 2.46. The first-order valence-corrected chi connectivity index (χ1v) is 12.5. The normalized spacial score (nSPS) is 24.9. The molecule has 1 aliphatic carbocycles. The van der Waals surface area contributed by atoms with Gasteiger partial charge < -0.3 is 15.3 Å². The number of amides is 2. The summed E-state index contributed by atoms with van der Waals surface area (Å²) in [5, 5.41) is 15.3. The lowest BCUT2D eigenvalue weighted by Crippen LogP contribution is -2.60. The lowest BCUT2D eigenvalue weighted by atomic mass is 9.66. The highest BCUT2D eigenvalue weighted by molar-refractivity contribution is 6.30. The summed E-state index contributed by atoms with van der Waals surface area (Å²) in [5.41, 5.74) is -0.783. The van der Waals surface area contributed by atoms with Crippen LogP contribution in [0.5, 0.6) is 0 Å². The van der Waals surface area contributed by atoms with Crippen molar-refractivity contribution < 1.29 is 14.7 Å². The van der Waals surface area contributed by atoms with Gasteiger partial charge in [-0.15, -0.1) is 0 Å². The van der Waals surface area contributed by atoms with Gasteiger partial charge in [0.1, 0.15) is 6.04 Å². The molecular weight excluding hydrogens is 424 g/mol. The maximum atomic E-state index is 13.5. The van der Waals surface area contributed by atoms with E-state index in [1.165, 1.54) is 19.3 Å². The quantitative estimate of drug-likeness (QED) is 0.631. The van der Waals surface area contributed by atoms with E-state index in [4.69, 9.17) is 11.6 Å². The lowest BCUT2D eigenvalue weighted by molar-refractivity contribution is -0.156. The number of rotatable bonds is 6. The fourth-order valence-corrected chi connectivity index (χ4v) is 5.49. The third-order valence-electron chi connectivity index (χ3n) is 7.53. The number of piperidine rings is 1. The highest BCUT2D eigenvalue weighted by atomic mass is 35.5. The van der Waals surface area contributed by atoms with Gasteiger partial charge in [-0.25, -0.2) is 0 Å². The van der Waals surface area contributed by atoms with Crippen molar-refractivity contribution in [2.75, 3.05) is 13.1 Å². The molecule has 0 spiro atoms. The number of halogens is 1. The molecule has 0 aromatic heterocycles. The van der Waals surface area contributed by atoms with Gasteiger partial charge in [0.05, 0.1) is 5.60 Å². The summed E-state index contributed by atoms with van der Waals surface area (Å²) in [5.74, 6) is 0.370. The molecule has 178 valence electrons. The topological polar surface area (TPSA) is 69.6 Å². The molecule has 1 saturated heterocycles. The zero-order valence-corrected chi connectivity index (χ0v) is 20.8. The fraction of sp³-hybridized carbons (Fsp3) is 0.692. The van der Waals surface area contributed by atoms with Crippen LogP contribution >= 0.6 is 11.6 Å². The molecule has 2 atom stereocenters. The van der Waals surface area contributed by atoms with Crippen LogP contribution in [0.25, 0.3) is 0 Å². The summed E-state index contributed by atoms with van der Waals surface area (Å²) in [4.78, 5) is 28.0. The van der Waals surface area contributed by atoms with Crippen molar-refractivity contribution in [2.24, 2.45) is 17.3 Å². The van der Waals surface area contributed by atoms with Crippen molar-refractivity contribution in [3.8, 4) is 0 Å². The van der Waals surface area contributed by atoms with Crippen LogP contribution < -0.4 is 5.32 Å². The average Bonchev–Trinajstić information content (AvgIpc) is 2.74. The Bertz CT molecular complexity index is 802. The third kappa shape index (κ3) is 5.48. The number of carbonyl (C=O) groups is 2. The van der Waals surface area contributed by atoms with Gasteiger partial charge in [0.15, 0.2) is 0 Å². The standard InChI is InChI=1S/C26H39ClN2O3/c1-18(2)23(28-22(30)16-19-8-6-5-7-9-19)24(31)29-15-14-26(32,25(3,4)17-29)20-10-12-21(27)13-11-20/h10-13,18-19,23,32H,5-9,14-17H2,1-4H3,(H,28,30)/t23-,26+/m1/s1. The maximum absolute atomic E-state index is 13.5. The van der Waals surface area contributed by atoms with Crippen molar-refractivity contribution >= 4 is 23.4 Å². The van der Waals surface area contributed by atoms with Crippen LogP contribution in [0, 0.1) is 17.3 Å². The van der Waals surface area contributed by atoms with Crippen molar-refractivity contribution in [3.63, 3.8) is 0 Å². The van der Waals surface area contributed by atoms with Gasteiger partial charge in [0, 0.05) is 29.9 Å². The monoisotopic (exact) mass is 462 g/mol. The second-order valence-corrected chi connectivity index (χ2v) is 11.2. The number of benzene rings is 1. The summed E-state index contributed by atoms with van der Waals surface area (Å²) < 4.78 is 0. The number of nitrogens with one attached hydrogen (secondary N) is 1. The Kier molecular flexibility index (Phi) is 7.93. The van der Waals surface area contributed by atoms with E-state index in [-0.39, 0.29) is 17.7 Å². The number of hydrogen-bond acceptors (Lipinski definition) is 3. The largest absolute Gasteiger partial charge is 0.384 e. The van der Waals surface area contributed by atoms with Gasteiger partial charge in [-0.05, 0) is 48.8 Å². The van der Waals surface area contributed by atoms with E-state index in [1.54, 1.807) is 12.1 Å². The molecule has 0 unspecified atom stereocenters. The summed E-state index contributed by atoms with van der Waals surface area (Å²) in [6.07, 6.45) is 6.83. The van der Waals surface area contributed by atoms with Gasteiger partial charge in [-0.3, -0.25) is 9.59 Å². The molecule has 6 heteroatoms. The SMILES string of the molecule is CC(C)[C@@H](NC(=O)CC1CCCCC1)C(=O)N1CC[C@](O)(c2ccc(Cl)cc2)C(C)(C)C1. The van der Waals surface area contributed by atoms with Crippen LogP contribution in [0.4, 0.5) is 0 Å². The van der Waals surface area contributed by atoms with E-state index in [0.29, 0.717) is 36.9 Å². The van der Waals surface area contributed by atoms with Crippen LogP contribution in [0.3, 0.4) is 0 Å². The molecule has 1 heterocycles. The molecule has 2 aliphatic rings. The Morgan fingerprint density at radius 3 is 2.34 bits per heavy atom. The van der Waals surface area contributed by atoms with Crippen LogP contribution in [-0.4, -0.2) is 41.0 Å². The van der Waals surface area contributed by atoms with E-state index in [0.717, 1.165) is 18.4 Å². The summed E-state index contributed by atoms with van der Waals surface area (Å²) >= 11 is 6.03. The van der Waals surface area contributed by atoms with E-state index >= 15 is 0 Å². The molecule has 1 aromatic carbocycles. The molecule has 5 nitrogen and oxygen atoms in total. The van der Waals surface area contributed by atoms with Crippen molar-refractivity contribution in [1.82, 2.24) is 10.2 Å². The zero-order chi connectivity index (χ0) is 23.5. The number of nitrogens with zero attached hydrogens (tertiary/aromatic N) is 1. The fourth-order valence-electron chi connectivity index (χ4n) is 5.37. The molecule has 0 bridgehead atoms. The Labute approximate surface area is 197 Å².